The highest BCUT2D eigenvalue weighted by molar-refractivity contribution is 7.38. The number of rotatable bonds is 6. The van der Waals surface area contributed by atoms with Crippen molar-refractivity contribution in [1.29, 1.82) is 0 Å². The lowest BCUT2D eigenvalue weighted by Crippen LogP contribution is -1.89. The number of hydrogen-bond donors (Lipinski definition) is 0. The molecule has 0 spiro atoms. The van der Waals surface area contributed by atoms with Crippen LogP contribution >= 0.6 is 8.03 Å². The Hall–Kier alpha value is -2.46. The van der Waals surface area contributed by atoms with Gasteiger partial charge in [-0.3, -0.25) is 14.6 Å². The minimum atomic E-state index is -1.93. The van der Waals surface area contributed by atoms with E-state index < -0.39 is 13.0 Å². The third-order valence-electron chi connectivity index (χ3n) is 2.73. The fourth-order valence-corrected chi connectivity index (χ4v) is 2.59. The highest BCUT2D eigenvalue weighted by atomic mass is 31.1. The van der Waals surface area contributed by atoms with Crippen LogP contribution in [0, 0.1) is 10.1 Å². The quantitative estimate of drug-likeness (QED) is 0.459. The number of hydrogen-bond acceptors (Lipinski definition) is 5. The van der Waals surface area contributed by atoms with Crippen LogP contribution in [0.15, 0.2) is 48.5 Å². The summed E-state index contributed by atoms with van der Waals surface area (Å²) in [6.45, 7) is 0. The Kier molecular flexibility index (Phi) is 4.85. The first kappa shape index (κ1) is 14.9. The highest BCUT2D eigenvalue weighted by Crippen LogP contribution is 2.32. The second-order valence-corrected chi connectivity index (χ2v) is 5.35. The summed E-state index contributed by atoms with van der Waals surface area (Å²) >= 11 is 0. The number of benzene rings is 2. The van der Waals surface area contributed by atoms with Crippen LogP contribution in [0.2, 0.25) is 0 Å². The number of nitro benzene ring substituents is 1. The molecule has 2 aromatic carbocycles. The molecular formula is C14H13NO5P+. The molecule has 108 valence electrons. The van der Waals surface area contributed by atoms with Gasteiger partial charge in [0.1, 0.15) is 5.75 Å². The van der Waals surface area contributed by atoms with E-state index in [9.17, 15) is 14.7 Å². The smallest absolute Gasteiger partial charge is 0.497 e. The lowest BCUT2D eigenvalue weighted by molar-refractivity contribution is -0.384. The van der Waals surface area contributed by atoms with Gasteiger partial charge in [-0.25, -0.2) is 0 Å². The van der Waals surface area contributed by atoms with Gasteiger partial charge in [0.2, 0.25) is 6.16 Å². The van der Waals surface area contributed by atoms with Crippen molar-refractivity contribution in [2.24, 2.45) is 0 Å². The van der Waals surface area contributed by atoms with Crippen molar-refractivity contribution in [3.05, 3.63) is 64.2 Å². The molecule has 0 radical (unpaired) electrons. The summed E-state index contributed by atoms with van der Waals surface area (Å²) in [7, 11) is -0.356. The number of nitro groups is 1. The molecule has 7 heteroatoms. The lowest BCUT2D eigenvalue weighted by atomic mass is 10.2. The van der Waals surface area contributed by atoms with E-state index in [-0.39, 0.29) is 11.8 Å². The van der Waals surface area contributed by atoms with Gasteiger partial charge >= 0.3 is 8.03 Å². The van der Waals surface area contributed by atoms with Gasteiger partial charge in [0, 0.05) is 17.7 Å². The normalized spacial score (nSPS) is 10.8. The molecule has 2 aromatic rings. The average molecular weight is 306 g/mol. The molecule has 1 atom stereocenters. The molecule has 6 nitrogen and oxygen atoms in total. The van der Waals surface area contributed by atoms with Crippen LogP contribution in [0.1, 0.15) is 5.56 Å². The first-order valence-corrected chi connectivity index (χ1v) is 7.45. The van der Waals surface area contributed by atoms with Crippen molar-refractivity contribution < 1.29 is 18.7 Å². The van der Waals surface area contributed by atoms with Crippen molar-refractivity contribution in [2.45, 2.75) is 6.16 Å². The second kappa shape index (κ2) is 6.81. The first-order valence-electron chi connectivity index (χ1n) is 6.08. The van der Waals surface area contributed by atoms with Crippen molar-refractivity contribution >= 4 is 13.7 Å². The first-order chi connectivity index (χ1) is 10.1. The zero-order valence-corrected chi connectivity index (χ0v) is 12.2. The van der Waals surface area contributed by atoms with E-state index in [0.29, 0.717) is 5.75 Å². The maximum atomic E-state index is 11.9. The Morgan fingerprint density at radius 2 is 1.62 bits per heavy atom. The van der Waals surface area contributed by atoms with Crippen molar-refractivity contribution in [3.63, 3.8) is 0 Å². The maximum Gasteiger partial charge on any atom is 0.560 e. The molecule has 0 fully saturated rings. The lowest BCUT2D eigenvalue weighted by Gasteiger charge is -1.99. The molecule has 0 saturated heterocycles. The van der Waals surface area contributed by atoms with E-state index in [2.05, 4.69) is 0 Å². The zero-order chi connectivity index (χ0) is 15.2. The van der Waals surface area contributed by atoms with Gasteiger partial charge in [-0.15, -0.1) is 0 Å². The SMILES string of the molecule is COc1ccc(C[P+](=O)Oc2ccc([N+](=O)[O-])cc2)cc1. The highest BCUT2D eigenvalue weighted by Gasteiger charge is 2.20. The monoisotopic (exact) mass is 306 g/mol. The molecule has 0 heterocycles. The van der Waals surface area contributed by atoms with Gasteiger partial charge in [-0.1, -0.05) is 12.1 Å². The summed E-state index contributed by atoms with van der Waals surface area (Å²) in [5, 5.41) is 10.5. The molecule has 0 aliphatic rings. The van der Waals surface area contributed by atoms with Crippen LogP contribution < -0.4 is 9.26 Å². The van der Waals surface area contributed by atoms with Crippen LogP contribution in [-0.4, -0.2) is 12.0 Å². The predicted molar refractivity (Wildman–Crippen MR) is 78.0 cm³/mol. The standard InChI is InChI=1S/C14H13NO5P/c1-19-13-6-2-11(3-7-13)10-21(18)20-14-8-4-12(5-9-14)15(16)17/h2-9H,10H2,1H3/q+1. The van der Waals surface area contributed by atoms with Gasteiger partial charge < -0.3 is 4.74 Å². The van der Waals surface area contributed by atoms with Crippen molar-refractivity contribution in [3.8, 4) is 11.5 Å². The van der Waals surface area contributed by atoms with E-state index in [4.69, 9.17) is 9.26 Å². The second-order valence-electron chi connectivity index (χ2n) is 4.18. The predicted octanol–water partition coefficient (Wildman–Crippen LogP) is 3.92. The van der Waals surface area contributed by atoms with Gasteiger partial charge in [0.15, 0.2) is 5.75 Å². The molecule has 0 amide bonds. The molecule has 1 unspecified atom stereocenters. The molecule has 0 aliphatic carbocycles. The van der Waals surface area contributed by atoms with Crippen molar-refractivity contribution in [1.82, 2.24) is 0 Å². The van der Waals surface area contributed by atoms with Crippen LogP contribution in [0.25, 0.3) is 0 Å². The summed E-state index contributed by atoms with van der Waals surface area (Å²) in [4.78, 5) is 10.0. The minimum Gasteiger partial charge on any atom is -0.497 e. The van der Waals surface area contributed by atoms with Gasteiger partial charge in [-0.05, 0) is 28.8 Å². The van der Waals surface area contributed by atoms with E-state index in [1.165, 1.54) is 24.3 Å². The molecule has 21 heavy (non-hydrogen) atoms. The summed E-state index contributed by atoms with van der Waals surface area (Å²) in [6, 6.07) is 12.7. The Morgan fingerprint density at radius 1 is 1.05 bits per heavy atom. The summed E-state index contributed by atoms with van der Waals surface area (Å²) in [5.74, 6) is 1.07. The molecule has 2 rings (SSSR count). The van der Waals surface area contributed by atoms with Crippen LogP contribution in [0.4, 0.5) is 5.69 Å². The molecule has 0 aromatic heterocycles. The zero-order valence-electron chi connectivity index (χ0n) is 11.3. The molecule has 0 bridgehead atoms. The van der Waals surface area contributed by atoms with Crippen LogP contribution in [-0.2, 0) is 10.7 Å². The van der Waals surface area contributed by atoms with E-state index in [1.54, 1.807) is 19.2 Å². The number of nitrogens with zero attached hydrogens (tertiary/aromatic N) is 1. The Labute approximate surface area is 122 Å². The van der Waals surface area contributed by atoms with Crippen LogP contribution in [0.3, 0.4) is 0 Å². The Bertz CT molecular complexity index is 639. The third-order valence-corrected chi connectivity index (χ3v) is 3.76. The Balaban J connectivity index is 1.95. The summed E-state index contributed by atoms with van der Waals surface area (Å²) < 4.78 is 22.2. The van der Waals surface area contributed by atoms with E-state index in [1.807, 2.05) is 12.1 Å². The maximum absolute atomic E-state index is 11.9. The topological polar surface area (TPSA) is 78.7 Å². The number of ether oxygens (including phenoxy) is 1. The van der Waals surface area contributed by atoms with E-state index in [0.717, 1.165) is 11.3 Å². The minimum absolute atomic E-state index is 0.0345. The summed E-state index contributed by atoms with van der Waals surface area (Å²) in [5.41, 5.74) is 0.826. The van der Waals surface area contributed by atoms with Gasteiger partial charge in [0.25, 0.3) is 5.69 Å². The molecule has 0 aliphatic heterocycles. The fourth-order valence-electron chi connectivity index (χ4n) is 1.66. The number of non-ortho nitro benzene ring substituents is 1. The summed E-state index contributed by atoms with van der Waals surface area (Å²) in [6.07, 6.45) is 0.260. The Morgan fingerprint density at radius 3 is 2.14 bits per heavy atom. The number of methoxy groups -OCH3 is 1. The van der Waals surface area contributed by atoms with Gasteiger partial charge in [-0.2, -0.15) is 0 Å². The molecular weight excluding hydrogens is 293 g/mol. The van der Waals surface area contributed by atoms with Crippen LogP contribution in [0.5, 0.6) is 11.5 Å². The largest absolute Gasteiger partial charge is 0.560 e. The van der Waals surface area contributed by atoms with Gasteiger partial charge in [0.05, 0.1) is 12.0 Å². The molecule has 0 N–H and O–H groups in total. The third kappa shape index (κ3) is 4.26. The van der Waals surface area contributed by atoms with E-state index >= 15 is 0 Å². The molecule has 0 saturated carbocycles. The van der Waals surface area contributed by atoms with Crippen molar-refractivity contribution in [2.75, 3.05) is 7.11 Å². The fraction of sp³-hybridized carbons (Fsp3) is 0.143. The average Bonchev–Trinajstić information content (AvgIpc) is 2.48.